The van der Waals surface area contributed by atoms with Crippen LogP contribution in [-0.4, -0.2) is 48.5 Å². The van der Waals surface area contributed by atoms with E-state index >= 15 is 0 Å². The number of aliphatic hydroxyl groups is 1. The van der Waals surface area contributed by atoms with Gasteiger partial charge in [-0.3, -0.25) is 9.59 Å². The molecule has 6 nitrogen and oxygen atoms in total. The van der Waals surface area contributed by atoms with Gasteiger partial charge in [0.2, 0.25) is 5.91 Å². The molecule has 1 aliphatic rings. The number of rotatable bonds is 7. The highest BCUT2D eigenvalue weighted by Crippen LogP contribution is 2.38. The fourth-order valence-electron chi connectivity index (χ4n) is 1.53. The predicted molar refractivity (Wildman–Crippen MR) is 54.7 cm³/mol. The van der Waals surface area contributed by atoms with Crippen LogP contribution in [0.25, 0.3) is 0 Å². The van der Waals surface area contributed by atoms with E-state index in [4.69, 9.17) is 9.84 Å². The molecule has 0 bridgehead atoms. The standard InChI is InChI=1S/C10H17NO5/c1-16-5-6(12)2-3-11-9(13)7-4-8(7)10(14)15/h6-8,12H,2-5H2,1H3,(H,11,13)(H,14,15). The first-order chi connectivity index (χ1) is 7.56. The zero-order valence-electron chi connectivity index (χ0n) is 9.18. The van der Waals surface area contributed by atoms with E-state index in [1.165, 1.54) is 7.11 Å². The van der Waals surface area contributed by atoms with E-state index in [9.17, 15) is 14.7 Å². The summed E-state index contributed by atoms with van der Waals surface area (Å²) in [5.41, 5.74) is 0. The number of carboxylic acid groups (broad SMARTS) is 1. The van der Waals surface area contributed by atoms with Crippen LogP contribution >= 0.6 is 0 Å². The Balaban J connectivity index is 2.10. The minimum Gasteiger partial charge on any atom is -0.481 e. The molecule has 1 rings (SSSR count). The Labute approximate surface area is 93.6 Å². The van der Waals surface area contributed by atoms with Gasteiger partial charge in [-0.1, -0.05) is 0 Å². The molecular weight excluding hydrogens is 214 g/mol. The van der Waals surface area contributed by atoms with Crippen LogP contribution in [0.5, 0.6) is 0 Å². The molecule has 0 radical (unpaired) electrons. The summed E-state index contributed by atoms with van der Waals surface area (Å²) in [7, 11) is 1.49. The number of ether oxygens (including phenoxy) is 1. The first-order valence-electron chi connectivity index (χ1n) is 5.23. The van der Waals surface area contributed by atoms with Gasteiger partial charge in [0.05, 0.1) is 24.5 Å². The summed E-state index contributed by atoms with van der Waals surface area (Å²) in [6, 6.07) is 0. The van der Waals surface area contributed by atoms with Gasteiger partial charge in [-0.2, -0.15) is 0 Å². The number of nitrogens with one attached hydrogen (secondary N) is 1. The van der Waals surface area contributed by atoms with Crippen molar-refractivity contribution in [1.29, 1.82) is 0 Å². The van der Waals surface area contributed by atoms with Gasteiger partial charge in [0.15, 0.2) is 0 Å². The maximum atomic E-state index is 11.4. The highest BCUT2D eigenvalue weighted by Gasteiger charge is 2.48. The van der Waals surface area contributed by atoms with E-state index in [-0.39, 0.29) is 12.5 Å². The third-order valence-corrected chi connectivity index (χ3v) is 2.58. The number of hydrogen-bond acceptors (Lipinski definition) is 4. The van der Waals surface area contributed by atoms with Crippen molar-refractivity contribution in [2.24, 2.45) is 11.8 Å². The number of amides is 1. The monoisotopic (exact) mass is 231 g/mol. The molecule has 0 aromatic carbocycles. The second-order valence-electron chi connectivity index (χ2n) is 3.98. The van der Waals surface area contributed by atoms with Crippen LogP contribution in [0.2, 0.25) is 0 Å². The number of methoxy groups -OCH3 is 1. The molecule has 0 aromatic heterocycles. The molecular formula is C10H17NO5. The molecule has 1 amide bonds. The molecule has 16 heavy (non-hydrogen) atoms. The number of aliphatic hydroxyl groups excluding tert-OH is 1. The lowest BCUT2D eigenvalue weighted by atomic mass is 10.2. The number of hydrogen-bond donors (Lipinski definition) is 3. The largest absolute Gasteiger partial charge is 0.481 e. The predicted octanol–water partition coefficient (Wildman–Crippen LogP) is -0.779. The molecule has 1 fully saturated rings. The third kappa shape index (κ3) is 3.79. The molecule has 1 saturated carbocycles. The van der Waals surface area contributed by atoms with Crippen LogP contribution in [0.15, 0.2) is 0 Å². The summed E-state index contributed by atoms with van der Waals surface area (Å²) in [4.78, 5) is 21.9. The number of aliphatic carboxylic acids is 1. The zero-order chi connectivity index (χ0) is 12.1. The number of carboxylic acids is 1. The fraction of sp³-hybridized carbons (Fsp3) is 0.800. The van der Waals surface area contributed by atoms with Crippen molar-refractivity contribution in [2.45, 2.75) is 18.9 Å². The molecule has 0 aromatic rings. The van der Waals surface area contributed by atoms with Crippen molar-refractivity contribution in [3.05, 3.63) is 0 Å². The van der Waals surface area contributed by atoms with Gasteiger partial charge in [0.25, 0.3) is 0 Å². The second kappa shape index (κ2) is 5.81. The maximum absolute atomic E-state index is 11.4. The highest BCUT2D eigenvalue weighted by atomic mass is 16.5. The molecule has 1 aliphatic carbocycles. The molecule has 92 valence electrons. The Hall–Kier alpha value is -1.14. The zero-order valence-corrected chi connectivity index (χ0v) is 9.18. The Morgan fingerprint density at radius 1 is 1.50 bits per heavy atom. The summed E-state index contributed by atoms with van der Waals surface area (Å²) in [5.74, 6) is -2.07. The molecule has 3 unspecified atom stereocenters. The van der Waals surface area contributed by atoms with Crippen LogP contribution in [0.3, 0.4) is 0 Å². The van der Waals surface area contributed by atoms with Gasteiger partial charge in [0, 0.05) is 13.7 Å². The topological polar surface area (TPSA) is 95.9 Å². The van der Waals surface area contributed by atoms with E-state index in [0.29, 0.717) is 19.4 Å². The highest BCUT2D eigenvalue weighted by molar-refractivity contribution is 5.89. The second-order valence-corrected chi connectivity index (χ2v) is 3.98. The Morgan fingerprint density at radius 3 is 2.69 bits per heavy atom. The van der Waals surface area contributed by atoms with Crippen molar-refractivity contribution in [1.82, 2.24) is 5.32 Å². The van der Waals surface area contributed by atoms with E-state index < -0.39 is 23.9 Å². The minimum atomic E-state index is -0.917. The smallest absolute Gasteiger partial charge is 0.307 e. The summed E-state index contributed by atoms with van der Waals surface area (Å²) >= 11 is 0. The SMILES string of the molecule is COCC(O)CCNC(=O)C1CC1C(=O)O. The van der Waals surface area contributed by atoms with Crippen LogP contribution < -0.4 is 5.32 Å². The number of carbonyl (C=O) groups is 2. The third-order valence-electron chi connectivity index (χ3n) is 2.58. The average Bonchev–Trinajstić information content (AvgIpc) is 2.97. The maximum Gasteiger partial charge on any atom is 0.307 e. The quantitative estimate of drug-likeness (QED) is 0.534. The Morgan fingerprint density at radius 2 is 2.19 bits per heavy atom. The first kappa shape index (κ1) is 12.9. The average molecular weight is 231 g/mol. The molecule has 0 heterocycles. The summed E-state index contributed by atoms with van der Waals surface area (Å²) in [5, 5.41) is 20.5. The summed E-state index contributed by atoms with van der Waals surface area (Å²) in [6.07, 6.45) is 0.228. The van der Waals surface area contributed by atoms with Gasteiger partial charge in [-0.05, 0) is 12.8 Å². The lowest BCUT2D eigenvalue weighted by molar-refractivity contribution is -0.140. The number of carbonyl (C=O) groups excluding carboxylic acids is 1. The fourth-order valence-corrected chi connectivity index (χ4v) is 1.53. The van der Waals surface area contributed by atoms with Gasteiger partial charge in [-0.15, -0.1) is 0 Å². The van der Waals surface area contributed by atoms with E-state index in [1.54, 1.807) is 0 Å². The van der Waals surface area contributed by atoms with Gasteiger partial charge in [-0.25, -0.2) is 0 Å². The van der Waals surface area contributed by atoms with Gasteiger partial charge >= 0.3 is 5.97 Å². The summed E-state index contributed by atoms with van der Waals surface area (Å²) in [6.45, 7) is 0.573. The van der Waals surface area contributed by atoms with Gasteiger partial charge < -0.3 is 20.3 Å². The first-order valence-corrected chi connectivity index (χ1v) is 5.23. The normalized spacial score (nSPS) is 24.9. The van der Waals surface area contributed by atoms with Crippen LogP contribution in [-0.2, 0) is 14.3 Å². The molecule has 0 spiro atoms. The van der Waals surface area contributed by atoms with Crippen molar-refractivity contribution in [2.75, 3.05) is 20.3 Å². The minimum absolute atomic E-state index is 0.233. The molecule has 6 heteroatoms. The van der Waals surface area contributed by atoms with Crippen LogP contribution in [0.4, 0.5) is 0 Å². The lowest BCUT2D eigenvalue weighted by Crippen LogP contribution is -2.30. The van der Waals surface area contributed by atoms with E-state index in [0.717, 1.165) is 0 Å². The molecule has 3 N–H and O–H groups in total. The van der Waals surface area contributed by atoms with E-state index in [1.807, 2.05) is 0 Å². The van der Waals surface area contributed by atoms with Crippen LogP contribution in [0, 0.1) is 11.8 Å². The summed E-state index contributed by atoms with van der Waals surface area (Å²) < 4.78 is 4.73. The van der Waals surface area contributed by atoms with Crippen LogP contribution in [0.1, 0.15) is 12.8 Å². The Bertz CT molecular complexity index is 268. The lowest BCUT2D eigenvalue weighted by Gasteiger charge is -2.09. The molecule has 3 atom stereocenters. The van der Waals surface area contributed by atoms with Crippen molar-refractivity contribution >= 4 is 11.9 Å². The Kier molecular flexibility index (Phi) is 4.70. The molecule has 0 saturated heterocycles. The van der Waals surface area contributed by atoms with Gasteiger partial charge in [0.1, 0.15) is 0 Å². The molecule has 0 aliphatic heterocycles. The van der Waals surface area contributed by atoms with Crippen molar-refractivity contribution in [3.8, 4) is 0 Å². The van der Waals surface area contributed by atoms with E-state index in [2.05, 4.69) is 5.32 Å². The van der Waals surface area contributed by atoms with Crippen molar-refractivity contribution < 1.29 is 24.5 Å². The van der Waals surface area contributed by atoms with Crippen molar-refractivity contribution in [3.63, 3.8) is 0 Å².